The zero-order valence-corrected chi connectivity index (χ0v) is 11.8. The van der Waals surface area contributed by atoms with Crippen LogP contribution >= 0.6 is 0 Å². The maximum absolute atomic E-state index is 13.7. The first-order valence-corrected chi connectivity index (χ1v) is 6.99. The average Bonchev–Trinajstić information content (AvgIpc) is 2.97. The van der Waals surface area contributed by atoms with Crippen LogP contribution in [0.3, 0.4) is 0 Å². The van der Waals surface area contributed by atoms with Crippen LogP contribution in [-0.4, -0.2) is 46.3 Å². The van der Waals surface area contributed by atoms with Crippen LogP contribution in [0.4, 0.5) is 4.39 Å². The van der Waals surface area contributed by atoms with Crippen molar-refractivity contribution >= 4 is 5.91 Å². The molecule has 6 heteroatoms. The standard InChI is InChI=1S/C15H17FN4O/c1-11-10-17-7-9-19(11)15(21)13-6-8-20(18-13)14-5-3-2-4-12(14)16/h2-6,8,11,17H,7,9-10H2,1H3/t11-/m0/s1. The molecule has 1 aliphatic heterocycles. The maximum Gasteiger partial charge on any atom is 0.274 e. The molecule has 1 N–H and O–H groups in total. The summed E-state index contributed by atoms with van der Waals surface area (Å²) in [5.74, 6) is -0.478. The van der Waals surface area contributed by atoms with E-state index in [1.54, 1.807) is 35.4 Å². The molecule has 1 saturated heterocycles. The third-order valence-corrected chi connectivity index (χ3v) is 3.67. The SMILES string of the molecule is C[C@H]1CNCCN1C(=O)c1ccn(-c2ccccc2F)n1. The lowest BCUT2D eigenvalue weighted by molar-refractivity contribution is 0.0649. The van der Waals surface area contributed by atoms with Crippen molar-refractivity contribution in [1.82, 2.24) is 20.0 Å². The number of hydrogen-bond donors (Lipinski definition) is 1. The lowest BCUT2D eigenvalue weighted by atomic mass is 10.2. The minimum atomic E-state index is -0.366. The summed E-state index contributed by atoms with van der Waals surface area (Å²) < 4.78 is 15.1. The van der Waals surface area contributed by atoms with Gasteiger partial charge in [-0.1, -0.05) is 12.1 Å². The summed E-state index contributed by atoms with van der Waals surface area (Å²) in [6, 6.07) is 8.12. The quantitative estimate of drug-likeness (QED) is 0.910. The number of carbonyl (C=O) groups is 1. The van der Waals surface area contributed by atoms with E-state index in [1.165, 1.54) is 10.7 Å². The topological polar surface area (TPSA) is 50.2 Å². The molecule has 2 heterocycles. The van der Waals surface area contributed by atoms with Crippen LogP contribution in [0.1, 0.15) is 17.4 Å². The Hall–Kier alpha value is -2.21. The van der Waals surface area contributed by atoms with Gasteiger partial charge in [0.1, 0.15) is 11.5 Å². The van der Waals surface area contributed by atoms with Crippen LogP contribution in [0, 0.1) is 5.82 Å². The Bertz CT molecular complexity index is 655. The predicted octanol–water partition coefficient (Wildman–Crippen LogP) is 1.45. The number of para-hydroxylation sites is 1. The molecule has 1 aliphatic rings. The van der Waals surface area contributed by atoms with Gasteiger partial charge < -0.3 is 10.2 Å². The summed E-state index contributed by atoms with van der Waals surface area (Å²) in [6.45, 7) is 4.22. The highest BCUT2D eigenvalue weighted by molar-refractivity contribution is 5.92. The highest BCUT2D eigenvalue weighted by Gasteiger charge is 2.25. The first kappa shape index (κ1) is 13.8. The van der Waals surface area contributed by atoms with E-state index in [0.29, 0.717) is 17.9 Å². The van der Waals surface area contributed by atoms with Gasteiger partial charge in [0.25, 0.3) is 5.91 Å². The van der Waals surface area contributed by atoms with E-state index < -0.39 is 0 Å². The molecule has 0 aliphatic carbocycles. The summed E-state index contributed by atoms with van der Waals surface area (Å²) >= 11 is 0. The second kappa shape index (κ2) is 5.65. The van der Waals surface area contributed by atoms with Crippen molar-refractivity contribution in [3.8, 4) is 5.69 Å². The average molecular weight is 288 g/mol. The first-order valence-electron chi connectivity index (χ1n) is 6.99. The fraction of sp³-hybridized carbons (Fsp3) is 0.333. The van der Waals surface area contributed by atoms with Crippen molar-refractivity contribution in [2.45, 2.75) is 13.0 Å². The fourth-order valence-corrected chi connectivity index (χ4v) is 2.50. The summed E-state index contributed by atoms with van der Waals surface area (Å²) in [5, 5.41) is 7.46. The van der Waals surface area contributed by atoms with E-state index in [4.69, 9.17) is 0 Å². The lowest BCUT2D eigenvalue weighted by Crippen LogP contribution is -2.52. The van der Waals surface area contributed by atoms with Gasteiger partial charge in [0.2, 0.25) is 0 Å². The van der Waals surface area contributed by atoms with Gasteiger partial charge in [-0.25, -0.2) is 9.07 Å². The summed E-state index contributed by atoms with van der Waals surface area (Å²) in [6.07, 6.45) is 1.61. The summed E-state index contributed by atoms with van der Waals surface area (Å²) in [4.78, 5) is 14.3. The molecular formula is C15H17FN4O. The Kier molecular flexibility index (Phi) is 3.70. The Morgan fingerprint density at radius 2 is 2.19 bits per heavy atom. The van der Waals surface area contributed by atoms with Crippen LogP contribution in [-0.2, 0) is 0 Å². The molecular weight excluding hydrogens is 271 g/mol. The van der Waals surface area contributed by atoms with Crippen LogP contribution in [0.25, 0.3) is 5.69 Å². The van der Waals surface area contributed by atoms with Crippen LogP contribution in [0.15, 0.2) is 36.5 Å². The van der Waals surface area contributed by atoms with E-state index in [0.717, 1.165) is 13.1 Å². The van der Waals surface area contributed by atoms with Gasteiger partial charge in [-0.15, -0.1) is 0 Å². The van der Waals surface area contributed by atoms with Gasteiger partial charge in [0.15, 0.2) is 5.69 Å². The molecule has 3 rings (SSSR count). The van der Waals surface area contributed by atoms with Gasteiger partial charge in [0.05, 0.1) is 0 Å². The molecule has 1 atom stereocenters. The van der Waals surface area contributed by atoms with Crippen LogP contribution in [0.5, 0.6) is 0 Å². The van der Waals surface area contributed by atoms with Gasteiger partial charge in [0, 0.05) is 31.9 Å². The Morgan fingerprint density at radius 1 is 1.38 bits per heavy atom. The smallest absolute Gasteiger partial charge is 0.274 e. The second-order valence-electron chi connectivity index (χ2n) is 5.15. The van der Waals surface area contributed by atoms with E-state index in [9.17, 15) is 9.18 Å². The van der Waals surface area contributed by atoms with Gasteiger partial charge in [-0.3, -0.25) is 4.79 Å². The molecule has 0 saturated carbocycles. The molecule has 5 nitrogen and oxygen atoms in total. The van der Waals surface area contributed by atoms with Crippen molar-refractivity contribution in [1.29, 1.82) is 0 Å². The largest absolute Gasteiger partial charge is 0.332 e. The van der Waals surface area contributed by atoms with E-state index in [2.05, 4.69) is 10.4 Å². The number of halogens is 1. The third kappa shape index (κ3) is 2.67. The minimum Gasteiger partial charge on any atom is -0.332 e. The molecule has 1 aromatic carbocycles. The number of carbonyl (C=O) groups excluding carboxylic acids is 1. The molecule has 1 amide bonds. The summed E-state index contributed by atoms with van der Waals surface area (Å²) in [5.41, 5.74) is 0.678. The predicted molar refractivity (Wildman–Crippen MR) is 76.9 cm³/mol. The van der Waals surface area contributed by atoms with E-state index >= 15 is 0 Å². The van der Waals surface area contributed by atoms with Gasteiger partial charge in [-0.05, 0) is 25.1 Å². The van der Waals surface area contributed by atoms with Crippen molar-refractivity contribution in [2.24, 2.45) is 0 Å². The number of nitrogens with one attached hydrogen (secondary N) is 1. The zero-order valence-electron chi connectivity index (χ0n) is 11.8. The summed E-state index contributed by atoms with van der Waals surface area (Å²) in [7, 11) is 0. The number of benzene rings is 1. The number of piperazine rings is 1. The molecule has 1 aromatic heterocycles. The van der Waals surface area contributed by atoms with Gasteiger partial charge in [-0.2, -0.15) is 5.10 Å². The molecule has 0 bridgehead atoms. The lowest BCUT2D eigenvalue weighted by Gasteiger charge is -2.33. The molecule has 1 fully saturated rings. The second-order valence-corrected chi connectivity index (χ2v) is 5.15. The molecule has 21 heavy (non-hydrogen) atoms. The molecule has 2 aromatic rings. The molecule has 0 spiro atoms. The van der Waals surface area contributed by atoms with Crippen LogP contribution < -0.4 is 5.32 Å². The van der Waals surface area contributed by atoms with Crippen molar-refractivity contribution < 1.29 is 9.18 Å². The molecule has 0 unspecified atom stereocenters. The Morgan fingerprint density at radius 3 is 2.95 bits per heavy atom. The number of amides is 1. The maximum atomic E-state index is 13.7. The van der Waals surface area contributed by atoms with Crippen molar-refractivity contribution in [2.75, 3.05) is 19.6 Å². The minimum absolute atomic E-state index is 0.112. The number of aromatic nitrogens is 2. The van der Waals surface area contributed by atoms with Crippen molar-refractivity contribution in [3.63, 3.8) is 0 Å². The number of hydrogen-bond acceptors (Lipinski definition) is 3. The van der Waals surface area contributed by atoms with E-state index in [-0.39, 0.29) is 17.8 Å². The number of rotatable bonds is 2. The molecule has 110 valence electrons. The van der Waals surface area contributed by atoms with Crippen LogP contribution in [0.2, 0.25) is 0 Å². The Labute approximate surface area is 122 Å². The normalized spacial score (nSPS) is 18.8. The highest BCUT2D eigenvalue weighted by Crippen LogP contribution is 2.14. The van der Waals surface area contributed by atoms with E-state index in [1.807, 2.05) is 6.92 Å². The third-order valence-electron chi connectivity index (χ3n) is 3.67. The first-order chi connectivity index (χ1) is 10.2. The monoisotopic (exact) mass is 288 g/mol. The molecule has 0 radical (unpaired) electrons. The fourth-order valence-electron chi connectivity index (χ4n) is 2.50. The number of nitrogens with zero attached hydrogens (tertiary/aromatic N) is 3. The van der Waals surface area contributed by atoms with Crippen molar-refractivity contribution in [3.05, 3.63) is 48.0 Å². The van der Waals surface area contributed by atoms with Gasteiger partial charge >= 0.3 is 0 Å². The highest BCUT2D eigenvalue weighted by atomic mass is 19.1. The Balaban J connectivity index is 1.85. The zero-order chi connectivity index (χ0) is 14.8.